The van der Waals surface area contributed by atoms with Crippen LogP contribution < -0.4 is 10.6 Å². The van der Waals surface area contributed by atoms with Crippen molar-refractivity contribution in [1.29, 1.82) is 0 Å². The third-order valence-corrected chi connectivity index (χ3v) is 5.95. The van der Waals surface area contributed by atoms with E-state index in [9.17, 15) is 0 Å². The smallest absolute Gasteiger partial charge is 0.190 e. The molecule has 2 rings (SSSR count). The first-order valence-corrected chi connectivity index (χ1v) is 10.9. The van der Waals surface area contributed by atoms with Crippen molar-refractivity contribution in [3.8, 4) is 0 Å². The molecular weight excluding hydrogens is 320 g/mol. The molecule has 5 nitrogen and oxygen atoms in total. The van der Waals surface area contributed by atoms with Crippen molar-refractivity contribution in [2.45, 2.75) is 38.5 Å². The standard InChI is InChI=1S/C18H36N4OS/c1-19-17(20-9-6-14-24-2)21-15-18(7-4-3-5-8-18)16-22-10-12-23-13-11-22/h3-16H2,1-2H3,(H2,19,20,21). The lowest BCUT2D eigenvalue weighted by Crippen LogP contribution is -2.51. The third kappa shape index (κ3) is 6.81. The second kappa shape index (κ2) is 11.2. The number of nitrogens with one attached hydrogen (secondary N) is 2. The first-order chi connectivity index (χ1) is 11.8. The lowest BCUT2D eigenvalue weighted by atomic mass is 9.73. The molecule has 0 radical (unpaired) electrons. The number of hydrogen-bond acceptors (Lipinski definition) is 4. The summed E-state index contributed by atoms with van der Waals surface area (Å²) in [6.07, 6.45) is 10.1. The Kier molecular flexibility index (Phi) is 9.28. The Morgan fingerprint density at radius 1 is 1.17 bits per heavy atom. The van der Waals surface area contributed by atoms with E-state index < -0.39 is 0 Å². The molecule has 24 heavy (non-hydrogen) atoms. The highest BCUT2D eigenvalue weighted by Gasteiger charge is 2.34. The van der Waals surface area contributed by atoms with Gasteiger partial charge in [-0.05, 0) is 31.3 Å². The van der Waals surface area contributed by atoms with Gasteiger partial charge in [-0.15, -0.1) is 0 Å². The van der Waals surface area contributed by atoms with Gasteiger partial charge in [-0.25, -0.2) is 0 Å². The first kappa shape index (κ1) is 19.9. The van der Waals surface area contributed by atoms with Crippen molar-refractivity contribution >= 4 is 17.7 Å². The van der Waals surface area contributed by atoms with Crippen LogP contribution in [0.25, 0.3) is 0 Å². The molecule has 2 fully saturated rings. The van der Waals surface area contributed by atoms with Crippen molar-refractivity contribution in [1.82, 2.24) is 15.5 Å². The van der Waals surface area contributed by atoms with E-state index in [2.05, 4.69) is 26.8 Å². The summed E-state index contributed by atoms with van der Waals surface area (Å²) < 4.78 is 5.51. The molecule has 140 valence electrons. The summed E-state index contributed by atoms with van der Waals surface area (Å²) in [6, 6.07) is 0. The lowest BCUT2D eigenvalue weighted by Gasteiger charge is -2.42. The molecule has 0 spiro atoms. The van der Waals surface area contributed by atoms with Crippen LogP contribution >= 0.6 is 11.8 Å². The Morgan fingerprint density at radius 3 is 2.58 bits per heavy atom. The van der Waals surface area contributed by atoms with E-state index >= 15 is 0 Å². The minimum atomic E-state index is 0.395. The number of rotatable bonds is 8. The number of ether oxygens (including phenoxy) is 1. The molecule has 0 aromatic rings. The minimum Gasteiger partial charge on any atom is -0.379 e. The van der Waals surface area contributed by atoms with Crippen LogP contribution in [0, 0.1) is 5.41 Å². The predicted molar refractivity (Wildman–Crippen MR) is 105 cm³/mol. The Morgan fingerprint density at radius 2 is 1.92 bits per heavy atom. The molecule has 0 aromatic heterocycles. The van der Waals surface area contributed by atoms with E-state index in [1.807, 2.05) is 18.8 Å². The largest absolute Gasteiger partial charge is 0.379 e. The number of nitrogens with zero attached hydrogens (tertiary/aromatic N) is 2. The van der Waals surface area contributed by atoms with Crippen LogP contribution in [0.15, 0.2) is 4.99 Å². The van der Waals surface area contributed by atoms with Crippen LogP contribution in [0.4, 0.5) is 0 Å². The van der Waals surface area contributed by atoms with Crippen molar-refractivity contribution in [3.05, 3.63) is 0 Å². The van der Waals surface area contributed by atoms with Crippen LogP contribution in [0.1, 0.15) is 38.5 Å². The van der Waals surface area contributed by atoms with E-state index in [-0.39, 0.29) is 0 Å². The van der Waals surface area contributed by atoms with Crippen molar-refractivity contribution < 1.29 is 4.74 Å². The van der Waals surface area contributed by atoms with Gasteiger partial charge in [-0.3, -0.25) is 9.89 Å². The fourth-order valence-electron chi connectivity index (χ4n) is 3.84. The molecular formula is C18H36N4OS. The van der Waals surface area contributed by atoms with Crippen LogP contribution in [0.2, 0.25) is 0 Å². The molecule has 6 heteroatoms. The number of morpholine rings is 1. The number of aliphatic imine (C=N–C) groups is 1. The highest BCUT2D eigenvalue weighted by Crippen LogP contribution is 2.36. The Balaban J connectivity index is 1.83. The average molecular weight is 357 g/mol. The SMILES string of the molecule is CN=C(NCCCSC)NCC1(CN2CCOCC2)CCCCC1. The predicted octanol–water partition coefficient (Wildman–Crippen LogP) is 2.19. The normalized spacial score (nSPS) is 22.3. The zero-order valence-corrected chi connectivity index (χ0v) is 16.4. The molecule has 2 N–H and O–H groups in total. The fourth-order valence-corrected chi connectivity index (χ4v) is 4.27. The molecule has 0 bridgehead atoms. The van der Waals surface area contributed by atoms with Gasteiger partial charge in [0, 0.05) is 45.2 Å². The lowest BCUT2D eigenvalue weighted by molar-refractivity contribution is 0.00820. The van der Waals surface area contributed by atoms with Gasteiger partial charge >= 0.3 is 0 Å². The van der Waals surface area contributed by atoms with Gasteiger partial charge in [-0.1, -0.05) is 19.3 Å². The van der Waals surface area contributed by atoms with E-state index in [4.69, 9.17) is 4.74 Å². The molecule has 0 amide bonds. The topological polar surface area (TPSA) is 48.9 Å². The zero-order valence-electron chi connectivity index (χ0n) is 15.6. The highest BCUT2D eigenvalue weighted by molar-refractivity contribution is 7.98. The second-order valence-corrected chi connectivity index (χ2v) is 8.13. The van der Waals surface area contributed by atoms with Gasteiger partial charge < -0.3 is 15.4 Å². The summed E-state index contributed by atoms with van der Waals surface area (Å²) >= 11 is 1.90. The van der Waals surface area contributed by atoms with Crippen LogP contribution in [0.5, 0.6) is 0 Å². The monoisotopic (exact) mass is 356 g/mol. The Hall–Kier alpha value is -0.460. The summed E-state index contributed by atoms with van der Waals surface area (Å²) in [7, 11) is 1.87. The fraction of sp³-hybridized carbons (Fsp3) is 0.944. The maximum atomic E-state index is 5.51. The quantitative estimate of drug-likeness (QED) is 0.397. The van der Waals surface area contributed by atoms with E-state index in [0.717, 1.165) is 45.4 Å². The molecule has 1 saturated heterocycles. The number of hydrogen-bond donors (Lipinski definition) is 2. The third-order valence-electron chi connectivity index (χ3n) is 5.25. The van der Waals surface area contributed by atoms with Crippen molar-refractivity contribution in [2.75, 3.05) is 65.0 Å². The maximum Gasteiger partial charge on any atom is 0.190 e. The summed E-state index contributed by atoms with van der Waals surface area (Å²) in [4.78, 5) is 7.00. The molecule has 1 heterocycles. The van der Waals surface area contributed by atoms with Crippen molar-refractivity contribution in [3.63, 3.8) is 0 Å². The van der Waals surface area contributed by atoms with Gasteiger partial charge in [0.05, 0.1) is 13.2 Å². The summed E-state index contributed by atoms with van der Waals surface area (Å²) in [6.45, 7) is 7.19. The summed E-state index contributed by atoms with van der Waals surface area (Å²) in [5.74, 6) is 2.16. The molecule has 1 saturated carbocycles. The highest BCUT2D eigenvalue weighted by atomic mass is 32.2. The van der Waals surface area contributed by atoms with E-state index in [1.54, 1.807) is 0 Å². The zero-order chi connectivity index (χ0) is 17.1. The van der Waals surface area contributed by atoms with Crippen LogP contribution in [0.3, 0.4) is 0 Å². The summed E-state index contributed by atoms with van der Waals surface area (Å²) in [5.41, 5.74) is 0.395. The Labute approximate surface area is 152 Å². The van der Waals surface area contributed by atoms with Gasteiger partial charge in [0.25, 0.3) is 0 Å². The van der Waals surface area contributed by atoms with E-state index in [0.29, 0.717) is 5.41 Å². The molecule has 1 aliphatic heterocycles. The molecule has 1 aliphatic carbocycles. The molecule has 0 aromatic carbocycles. The van der Waals surface area contributed by atoms with Crippen LogP contribution in [-0.4, -0.2) is 75.9 Å². The van der Waals surface area contributed by atoms with Crippen molar-refractivity contribution in [2.24, 2.45) is 10.4 Å². The summed E-state index contributed by atoms with van der Waals surface area (Å²) in [5, 5.41) is 7.08. The van der Waals surface area contributed by atoms with Gasteiger partial charge in [0.15, 0.2) is 5.96 Å². The number of guanidine groups is 1. The first-order valence-electron chi connectivity index (χ1n) is 9.52. The Bertz CT molecular complexity index is 366. The number of thioether (sulfide) groups is 1. The maximum absolute atomic E-state index is 5.51. The van der Waals surface area contributed by atoms with Crippen LogP contribution in [-0.2, 0) is 4.74 Å². The van der Waals surface area contributed by atoms with Gasteiger partial charge in [0.2, 0.25) is 0 Å². The van der Waals surface area contributed by atoms with Gasteiger partial charge in [-0.2, -0.15) is 11.8 Å². The van der Waals surface area contributed by atoms with E-state index in [1.165, 1.54) is 50.8 Å². The average Bonchev–Trinajstić information content (AvgIpc) is 2.63. The second-order valence-electron chi connectivity index (χ2n) is 7.15. The minimum absolute atomic E-state index is 0.395. The molecule has 0 atom stereocenters. The molecule has 0 unspecified atom stereocenters. The molecule has 2 aliphatic rings. The van der Waals surface area contributed by atoms with Gasteiger partial charge in [0.1, 0.15) is 0 Å².